The number of likely N-dealkylation sites (tertiary alicyclic amines) is 2. The number of amides is 4. The van der Waals surface area contributed by atoms with Crippen LogP contribution in [-0.2, 0) is 19.1 Å². The minimum absolute atomic E-state index is 0.229. The predicted molar refractivity (Wildman–Crippen MR) is 233 cm³/mol. The molecule has 4 unspecified atom stereocenters. The van der Waals surface area contributed by atoms with E-state index in [1.54, 1.807) is 63.7 Å². The summed E-state index contributed by atoms with van der Waals surface area (Å²) in [4.78, 5) is 73.5. The predicted octanol–water partition coefficient (Wildman–Crippen LogP) is 8.06. The number of aromatic amines is 2. The van der Waals surface area contributed by atoms with E-state index in [1.165, 1.54) is 0 Å². The SMILES string of the molecule is CC(C)(C)OC(=O)NC(C(=O)N1CCCC1c1ncc(C#Cc2ccc(-c3cnc(C4CCCN4C(=O)C(NC(=O)OC(C)(C)C)c4ccccc4)[nH]3)cc2)[nH]1)c1ccccc1. The van der Waals surface area contributed by atoms with Crippen LogP contribution < -0.4 is 10.6 Å². The van der Waals surface area contributed by atoms with Crippen molar-refractivity contribution >= 4 is 24.0 Å². The molecule has 4 atom stereocenters. The molecule has 0 aliphatic carbocycles. The molecule has 62 heavy (non-hydrogen) atoms. The molecule has 2 saturated heterocycles. The number of ether oxygens (including phenoxy) is 2. The van der Waals surface area contributed by atoms with Crippen LogP contribution >= 0.6 is 0 Å². The Labute approximate surface area is 362 Å². The van der Waals surface area contributed by atoms with Gasteiger partial charge in [-0.25, -0.2) is 19.6 Å². The standard InChI is InChI=1S/C48H54N8O6/c1-47(2,3)61-45(59)53-39(33-15-9-7-10-16-33)43(57)55-27-13-19-37(55)41-49-29-35(51-41)26-23-31-21-24-32(25-22-31)36-30-50-42(52-36)38-20-14-28-56(38)44(58)40(34-17-11-8-12-18-34)54-46(60)62-48(4,5)6/h7-12,15-18,21-22,24-25,29-30,37-40H,13-14,19-20,27-28H2,1-6H3,(H,49,51)(H,50,52)(H,53,59)(H,54,60). The van der Waals surface area contributed by atoms with Gasteiger partial charge in [0.25, 0.3) is 11.8 Å². The summed E-state index contributed by atoms with van der Waals surface area (Å²) in [5.41, 5.74) is 3.00. The van der Waals surface area contributed by atoms with Gasteiger partial charge in [-0.05, 0) is 102 Å². The summed E-state index contributed by atoms with van der Waals surface area (Å²) >= 11 is 0. The van der Waals surface area contributed by atoms with Gasteiger partial charge < -0.3 is 39.9 Å². The van der Waals surface area contributed by atoms with E-state index in [-0.39, 0.29) is 23.9 Å². The number of hydrogen-bond donors (Lipinski definition) is 4. The van der Waals surface area contributed by atoms with Crippen LogP contribution in [-0.4, -0.2) is 78.0 Å². The lowest BCUT2D eigenvalue weighted by molar-refractivity contribution is -0.135. The molecule has 0 radical (unpaired) electrons. The summed E-state index contributed by atoms with van der Waals surface area (Å²) in [6, 6.07) is 23.7. The number of benzene rings is 3. The molecule has 14 nitrogen and oxygen atoms in total. The Morgan fingerprint density at radius 2 is 1.11 bits per heavy atom. The lowest BCUT2D eigenvalue weighted by atomic mass is 10.0. The smallest absolute Gasteiger partial charge is 0.408 e. The van der Waals surface area contributed by atoms with E-state index in [0.717, 1.165) is 36.1 Å². The van der Waals surface area contributed by atoms with Gasteiger partial charge in [0.1, 0.15) is 40.6 Å². The third-order valence-electron chi connectivity index (χ3n) is 10.5. The molecule has 5 aromatic rings. The van der Waals surface area contributed by atoms with E-state index in [9.17, 15) is 19.2 Å². The highest BCUT2D eigenvalue weighted by atomic mass is 16.6. The molecule has 3 aromatic carbocycles. The lowest BCUT2D eigenvalue weighted by Crippen LogP contribution is -2.44. The van der Waals surface area contributed by atoms with Crippen LogP contribution in [0, 0.1) is 11.8 Å². The number of alkyl carbamates (subject to hydrolysis) is 2. The molecule has 2 fully saturated rings. The van der Waals surface area contributed by atoms with Crippen LogP contribution in [0.25, 0.3) is 11.3 Å². The van der Waals surface area contributed by atoms with Crippen molar-refractivity contribution in [3.63, 3.8) is 0 Å². The van der Waals surface area contributed by atoms with Crippen molar-refractivity contribution < 1.29 is 28.7 Å². The number of imidazole rings is 2. The van der Waals surface area contributed by atoms with Crippen molar-refractivity contribution in [2.75, 3.05) is 13.1 Å². The Kier molecular flexibility index (Phi) is 12.8. The van der Waals surface area contributed by atoms with Gasteiger partial charge in [0.05, 0.1) is 30.2 Å². The molecule has 4 amide bonds. The zero-order chi connectivity index (χ0) is 44.0. The molecule has 0 saturated carbocycles. The highest BCUT2D eigenvalue weighted by Crippen LogP contribution is 2.35. The third-order valence-corrected chi connectivity index (χ3v) is 10.5. The van der Waals surface area contributed by atoms with Crippen LogP contribution in [0.3, 0.4) is 0 Å². The normalized spacial score (nSPS) is 17.4. The highest BCUT2D eigenvalue weighted by molar-refractivity contribution is 5.88. The summed E-state index contributed by atoms with van der Waals surface area (Å²) < 4.78 is 11.0. The molecule has 0 spiro atoms. The minimum atomic E-state index is -0.925. The van der Waals surface area contributed by atoms with E-state index in [1.807, 2.05) is 84.9 Å². The maximum absolute atomic E-state index is 14.1. The van der Waals surface area contributed by atoms with Gasteiger partial charge in [-0.1, -0.05) is 78.7 Å². The van der Waals surface area contributed by atoms with E-state index in [2.05, 4.69) is 37.4 Å². The maximum atomic E-state index is 14.1. The molecule has 322 valence electrons. The summed E-state index contributed by atoms with van der Waals surface area (Å²) in [6.07, 6.45) is 5.14. The van der Waals surface area contributed by atoms with Crippen LogP contribution in [0.5, 0.6) is 0 Å². The Balaban J connectivity index is 1.01. The Morgan fingerprint density at radius 1 is 0.645 bits per heavy atom. The summed E-state index contributed by atoms with van der Waals surface area (Å²) in [5.74, 6) is 7.21. The van der Waals surface area contributed by atoms with Gasteiger partial charge in [0.15, 0.2) is 0 Å². The molecule has 2 aliphatic heterocycles. The monoisotopic (exact) mass is 838 g/mol. The number of carbonyl (C=O) groups excluding carboxylic acids is 4. The zero-order valence-electron chi connectivity index (χ0n) is 36.0. The largest absolute Gasteiger partial charge is 0.444 e. The first kappa shape index (κ1) is 43.2. The summed E-state index contributed by atoms with van der Waals surface area (Å²) in [6.45, 7) is 11.7. The van der Waals surface area contributed by atoms with E-state index >= 15 is 0 Å². The average molecular weight is 839 g/mol. The van der Waals surface area contributed by atoms with E-state index < -0.39 is 35.5 Å². The number of aromatic nitrogens is 4. The van der Waals surface area contributed by atoms with Crippen molar-refractivity contribution in [3.8, 4) is 23.1 Å². The molecule has 2 aliphatic rings. The minimum Gasteiger partial charge on any atom is -0.444 e. The number of nitrogens with one attached hydrogen (secondary N) is 4. The fourth-order valence-corrected chi connectivity index (χ4v) is 7.77. The fourth-order valence-electron chi connectivity index (χ4n) is 7.77. The molecule has 14 heteroatoms. The Bertz CT molecular complexity index is 2420. The number of hydrogen-bond acceptors (Lipinski definition) is 8. The molecule has 7 rings (SSSR count). The fraction of sp³-hybridized carbons (Fsp3) is 0.375. The maximum Gasteiger partial charge on any atom is 0.408 e. The Morgan fingerprint density at radius 3 is 1.60 bits per heavy atom. The second kappa shape index (κ2) is 18.4. The van der Waals surface area contributed by atoms with Crippen LogP contribution in [0.2, 0.25) is 0 Å². The number of nitrogens with zero attached hydrogens (tertiary/aromatic N) is 4. The van der Waals surface area contributed by atoms with Crippen molar-refractivity contribution in [2.45, 2.75) is 103 Å². The quantitative estimate of drug-likeness (QED) is 0.108. The number of carbonyl (C=O) groups is 4. The highest BCUT2D eigenvalue weighted by Gasteiger charge is 2.39. The molecule has 4 N–H and O–H groups in total. The molecule has 2 aromatic heterocycles. The van der Waals surface area contributed by atoms with Crippen molar-refractivity contribution in [1.29, 1.82) is 0 Å². The summed E-state index contributed by atoms with van der Waals surface area (Å²) in [7, 11) is 0. The molecule has 0 bridgehead atoms. The van der Waals surface area contributed by atoms with E-state index in [0.29, 0.717) is 48.0 Å². The first-order valence-electron chi connectivity index (χ1n) is 21.0. The number of rotatable bonds is 9. The molecular weight excluding hydrogens is 785 g/mol. The van der Waals surface area contributed by atoms with Crippen molar-refractivity contribution in [2.24, 2.45) is 0 Å². The lowest BCUT2D eigenvalue weighted by Gasteiger charge is -2.29. The first-order chi connectivity index (χ1) is 29.6. The first-order valence-corrected chi connectivity index (χ1v) is 21.0. The van der Waals surface area contributed by atoms with Crippen LogP contribution in [0.1, 0.15) is 125 Å². The van der Waals surface area contributed by atoms with Gasteiger partial charge in [-0.2, -0.15) is 0 Å². The van der Waals surface area contributed by atoms with Gasteiger partial charge in [-0.15, -0.1) is 0 Å². The third kappa shape index (κ3) is 10.7. The average Bonchev–Trinajstić information content (AvgIpc) is 4.08. The summed E-state index contributed by atoms with van der Waals surface area (Å²) in [5, 5.41) is 5.60. The molecule has 4 heterocycles. The van der Waals surface area contributed by atoms with Crippen LogP contribution in [0.15, 0.2) is 97.3 Å². The van der Waals surface area contributed by atoms with Gasteiger partial charge >= 0.3 is 12.2 Å². The second-order valence-electron chi connectivity index (χ2n) is 17.6. The van der Waals surface area contributed by atoms with Crippen molar-refractivity contribution in [3.05, 3.63) is 131 Å². The molecular formula is C48H54N8O6. The topological polar surface area (TPSA) is 175 Å². The zero-order valence-corrected chi connectivity index (χ0v) is 36.0. The number of H-pyrrole nitrogens is 2. The van der Waals surface area contributed by atoms with Crippen molar-refractivity contribution in [1.82, 2.24) is 40.4 Å². The Hall–Kier alpha value is -6.88. The van der Waals surface area contributed by atoms with E-state index in [4.69, 9.17) is 14.5 Å². The van der Waals surface area contributed by atoms with Crippen LogP contribution in [0.4, 0.5) is 9.59 Å². The van der Waals surface area contributed by atoms with Gasteiger partial charge in [0, 0.05) is 18.7 Å². The van der Waals surface area contributed by atoms with Gasteiger partial charge in [0.2, 0.25) is 0 Å². The second-order valence-corrected chi connectivity index (χ2v) is 17.6. The van der Waals surface area contributed by atoms with Gasteiger partial charge in [-0.3, -0.25) is 9.59 Å².